The van der Waals surface area contributed by atoms with E-state index in [0.29, 0.717) is 5.92 Å². The van der Waals surface area contributed by atoms with Gasteiger partial charge in [-0.15, -0.1) is 0 Å². The Morgan fingerprint density at radius 3 is 2.04 bits per heavy atom. The first-order chi connectivity index (χ1) is 11.9. The predicted molar refractivity (Wildman–Crippen MR) is 100 cm³/mol. The van der Waals surface area contributed by atoms with Crippen LogP contribution in [0.2, 0.25) is 0 Å². The van der Waals surface area contributed by atoms with Gasteiger partial charge in [-0.3, -0.25) is 4.79 Å². The summed E-state index contributed by atoms with van der Waals surface area (Å²) >= 11 is 0. The lowest BCUT2D eigenvalue weighted by molar-refractivity contribution is -0.127. The van der Waals surface area contributed by atoms with Crippen molar-refractivity contribution in [1.82, 2.24) is 5.32 Å². The van der Waals surface area contributed by atoms with Crippen LogP contribution in [0.4, 0.5) is 0 Å². The van der Waals surface area contributed by atoms with Gasteiger partial charge in [0.25, 0.3) is 5.91 Å². The molecule has 0 aliphatic carbocycles. The number of benzene rings is 2. The van der Waals surface area contributed by atoms with E-state index in [1.807, 2.05) is 55.5 Å². The summed E-state index contributed by atoms with van der Waals surface area (Å²) in [6.45, 7) is 7.92. The fourth-order valence-corrected chi connectivity index (χ4v) is 2.74. The van der Waals surface area contributed by atoms with Crippen molar-refractivity contribution in [2.45, 2.75) is 45.8 Å². The average molecular weight is 341 g/mol. The lowest BCUT2D eigenvalue weighted by Gasteiger charge is -2.22. The van der Waals surface area contributed by atoms with Crippen molar-refractivity contribution in [2.75, 3.05) is 7.11 Å². The summed E-state index contributed by atoms with van der Waals surface area (Å²) in [6, 6.07) is 15.3. The zero-order valence-corrected chi connectivity index (χ0v) is 15.6. The molecular formula is C21H27NO3. The van der Waals surface area contributed by atoms with Gasteiger partial charge in [-0.2, -0.15) is 0 Å². The molecule has 4 heteroatoms. The second-order valence-electron chi connectivity index (χ2n) is 6.42. The van der Waals surface area contributed by atoms with Crippen LogP contribution in [0, 0.1) is 0 Å². The van der Waals surface area contributed by atoms with Crippen LogP contribution in [-0.4, -0.2) is 19.1 Å². The van der Waals surface area contributed by atoms with Crippen molar-refractivity contribution in [2.24, 2.45) is 0 Å². The highest BCUT2D eigenvalue weighted by Crippen LogP contribution is 2.27. The van der Waals surface area contributed by atoms with Gasteiger partial charge in [0.2, 0.25) is 0 Å². The van der Waals surface area contributed by atoms with Crippen LogP contribution in [0.15, 0.2) is 48.5 Å². The Morgan fingerprint density at radius 1 is 0.880 bits per heavy atom. The topological polar surface area (TPSA) is 47.6 Å². The molecule has 0 unspecified atom stereocenters. The summed E-state index contributed by atoms with van der Waals surface area (Å²) in [5, 5.41) is 3.00. The fourth-order valence-electron chi connectivity index (χ4n) is 2.74. The second kappa shape index (κ2) is 8.56. The first-order valence-corrected chi connectivity index (χ1v) is 8.63. The molecule has 0 aliphatic rings. The molecule has 25 heavy (non-hydrogen) atoms. The van der Waals surface area contributed by atoms with Gasteiger partial charge in [-0.1, -0.05) is 50.2 Å². The van der Waals surface area contributed by atoms with Gasteiger partial charge in [0.1, 0.15) is 11.5 Å². The maximum absolute atomic E-state index is 12.5. The first kappa shape index (κ1) is 18.8. The van der Waals surface area contributed by atoms with Crippen LogP contribution < -0.4 is 14.8 Å². The van der Waals surface area contributed by atoms with Crippen molar-refractivity contribution in [3.63, 3.8) is 0 Å². The Balaban J connectivity index is 2.06. The molecule has 134 valence electrons. The van der Waals surface area contributed by atoms with Crippen LogP contribution in [0.25, 0.3) is 0 Å². The number of rotatable bonds is 7. The highest BCUT2D eigenvalue weighted by atomic mass is 16.5. The monoisotopic (exact) mass is 341 g/mol. The van der Waals surface area contributed by atoms with Crippen LogP contribution in [0.1, 0.15) is 50.8 Å². The van der Waals surface area contributed by atoms with Crippen LogP contribution in [-0.2, 0) is 4.79 Å². The minimum atomic E-state index is -0.586. The Morgan fingerprint density at radius 2 is 1.44 bits per heavy atom. The number of carbonyl (C=O) groups is 1. The summed E-state index contributed by atoms with van der Waals surface area (Å²) in [4.78, 5) is 12.5. The molecule has 0 heterocycles. The van der Waals surface area contributed by atoms with Gasteiger partial charge in [0.15, 0.2) is 6.10 Å². The second-order valence-corrected chi connectivity index (χ2v) is 6.42. The van der Waals surface area contributed by atoms with Crippen molar-refractivity contribution in [3.05, 3.63) is 59.7 Å². The number of amides is 1. The summed E-state index contributed by atoms with van der Waals surface area (Å²) in [5.74, 6) is 1.69. The van der Waals surface area contributed by atoms with Crippen LogP contribution in [0.5, 0.6) is 11.5 Å². The maximum atomic E-state index is 12.5. The maximum Gasteiger partial charge on any atom is 0.261 e. The minimum Gasteiger partial charge on any atom is -0.496 e. The third-order valence-corrected chi connectivity index (χ3v) is 4.18. The third-order valence-electron chi connectivity index (χ3n) is 4.18. The molecular weight excluding hydrogens is 314 g/mol. The molecule has 0 aliphatic heterocycles. The highest BCUT2D eigenvalue weighted by molar-refractivity contribution is 5.81. The standard InChI is InChI=1S/C21H27NO3/c1-14(2)17-10-6-9-13-20(17)25-16(4)21(23)22-15(3)18-11-7-8-12-19(18)24-5/h6-16H,1-5H3,(H,22,23)/t15-,16-/m1/s1. The van der Waals surface area contributed by atoms with E-state index in [-0.39, 0.29) is 11.9 Å². The van der Waals surface area contributed by atoms with Crippen LogP contribution in [0.3, 0.4) is 0 Å². The van der Waals surface area contributed by atoms with Gasteiger partial charge >= 0.3 is 0 Å². The zero-order chi connectivity index (χ0) is 18.4. The normalized spacial score (nSPS) is 13.2. The molecule has 0 aromatic heterocycles. The number of hydrogen-bond donors (Lipinski definition) is 1. The van der Waals surface area contributed by atoms with E-state index in [9.17, 15) is 4.79 Å². The number of methoxy groups -OCH3 is 1. The number of ether oxygens (including phenoxy) is 2. The molecule has 0 radical (unpaired) electrons. The Kier molecular flexibility index (Phi) is 6.45. The van der Waals surface area contributed by atoms with Gasteiger partial charge in [-0.05, 0) is 37.5 Å². The largest absolute Gasteiger partial charge is 0.496 e. The van der Waals surface area contributed by atoms with Gasteiger partial charge < -0.3 is 14.8 Å². The van der Waals surface area contributed by atoms with E-state index in [2.05, 4.69) is 19.2 Å². The number of nitrogens with one attached hydrogen (secondary N) is 1. The van der Waals surface area contributed by atoms with E-state index >= 15 is 0 Å². The summed E-state index contributed by atoms with van der Waals surface area (Å²) in [5.41, 5.74) is 2.04. The Bertz CT molecular complexity index is 712. The van der Waals surface area contributed by atoms with E-state index in [1.165, 1.54) is 0 Å². The molecule has 2 rings (SSSR count). The lowest BCUT2D eigenvalue weighted by Crippen LogP contribution is -2.38. The molecule has 0 fully saturated rings. The molecule has 0 saturated carbocycles. The van der Waals surface area contributed by atoms with E-state index in [1.54, 1.807) is 14.0 Å². The molecule has 0 saturated heterocycles. The average Bonchev–Trinajstić information content (AvgIpc) is 2.61. The quantitative estimate of drug-likeness (QED) is 0.808. The number of para-hydroxylation sites is 2. The lowest BCUT2D eigenvalue weighted by atomic mass is 10.0. The van der Waals surface area contributed by atoms with Crippen molar-refractivity contribution in [1.29, 1.82) is 0 Å². The van der Waals surface area contributed by atoms with Crippen molar-refractivity contribution < 1.29 is 14.3 Å². The molecule has 0 spiro atoms. The van der Waals surface area contributed by atoms with Crippen molar-refractivity contribution >= 4 is 5.91 Å². The first-order valence-electron chi connectivity index (χ1n) is 8.63. The van der Waals surface area contributed by atoms with Gasteiger partial charge in [-0.25, -0.2) is 0 Å². The van der Waals surface area contributed by atoms with E-state index in [0.717, 1.165) is 22.6 Å². The Hall–Kier alpha value is -2.49. The highest BCUT2D eigenvalue weighted by Gasteiger charge is 2.20. The number of hydrogen-bond acceptors (Lipinski definition) is 3. The summed E-state index contributed by atoms with van der Waals surface area (Å²) in [6.07, 6.45) is -0.586. The molecule has 1 N–H and O–H groups in total. The zero-order valence-electron chi connectivity index (χ0n) is 15.6. The van der Waals surface area contributed by atoms with Crippen LogP contribution >= 0.6 is 0 Å². The fraction of sp³-hybridized carbons (Fsp3) is 0.381. The molecule has 2 aromatic carbocycles. The SMILES string of the molecule is COc1ccccc1[C@@H](C)NC(=O)[C@@H](C)Oc1ccccc1C(C)C. The van der Waals surface area contributed by atoms with Gasteiger partial charge in [0.05, 0.1) is 13.2 Å². The summed E-state index contributed by atoms with van der Waals surface area (Å²) < 4.78 is 11.3. The van der Waals surface area contributed by atoms with E-state index in [4.69, 9.17) is 9.47 Å². The van der Waals surface area contributed by atoms with Crippen molar-refractivity contribution in [3.8, 4) is 11.5 Å². The molecule has 0 bridgehead atoms. The third kappa shape index (κ3) is 4.75. The smallest absolute Gasteiger partial charge is 0.261 e. The molecule has 1 amide bonds. The minimum absolute atomic E-state index is 0.156. The predicted octanol–water partition coefficient (Wildman–Crippen LogP) is 4.46. The molecule has 4 nitrogen and oxygen atoms in total. The van der Waals surface area contributed by atoms with E-state index < -0.39 is 6.10 Å². The summed E-state index contributed by atoms with van der Waals surface area (Å²) in [7, 11) is 1.63. The molecule has 2 aromatic rings. The molecule has 2 atom stereocenters. The number of carbonyl (C=O) groups excluding carboxylic acids is 1. The van der Waals surface area contributed by atoms with Gasteiger partial charge in [0, 0.05) is 5.56 Å². The Labute approximate surface area is 150 Å².